The number of thioether (sulfide) groups is 1. The number of nitrogens with one attached hydrogen (secondary N) is 2. The molecule has 8 heteroatoms. The van der Waals surface area contributed by atoms with Crippen molar-refractivity contribution in [2.45, 2.75) is 30.8 Å². The van der Waals surface area contributed by atoms with E-state index in [0.29, 0.717) is 22.4 Å². The summed E-state index contributed by atoms with van der Waals surface area (Å²) >= 11 is 1.54. The van der Waals surface area contributed by atoms with Crippen molar-refractivity contribution >= 4 is 29.3 Å². The predicted octanol–water partition coefficient (Wildman–Crippen LogP) is 5.82. The number of anilines is 2. The number of hydrogen-bond acceptors (Lipinski definition) is 6. The highest BCUT2D eigenvalue weighted by Crippen LogP contribution is 2.37. The summed E-state index contributed by atoms with van der Waals surface area (Å²) in [6.45, 7) is 3.88. The molecular weight excluding hydrogens is 470 g/mol. The lowest BCUT2D eigenvalue weighted by Crippen LogP contribution is -2.31. The maximum atomic E-state index is 13.6. The monoisotopic (exact) mass is 497 g/mol. The van der Waals surface area contributed by atoms with Gasteiger partial charge in [0.05, 0.1) is 12.7 Å². The number of benzene rings is 3. The largest absolute Gasteiger partial charge is 0.497 e. The zero-order chi connectivity index (χ0) is 25.1. The summed E-state index contributed by atoms with van der Waals surface area (Å²) < 4.78 is 7.14. The average molecular weight is 498 g/mol. The summed E-state index contributed by atoms with van der Waals surface area (Å²) in [5.41, 5.74) is 5.22. The Kier molecular flexibility index (Phi) is 6.77. The molecule has 0 radical (unpaired) electrons. The first kappa shape index (κ1) is 23.7. The number of allylic oxidation sites excluding steroid dienone is 1. The van der Waals surface area contributed by atoms with Gasteiger partial charge in [-0.3, -0.25) is 4.79 Å². The van der Waals surface area contributed by atoms with Crippen molar-refractivity contribution in [1.82, 2.24) is 14.8 Å². The second-order valence-corrected chi connectivity index (χ2v) is 9.49. The number of para-hydroxylation sites is 1. The van der Waals surface area contributed by atoms with Gasteiger partial charge in [0.25, 0.3) is 5.91 Å². The van der Waals surface area contributed by atoms with E-state index in [4.69, 9.17) is 14.8 Å². The van der Waals surface area contributed by atoms with Crippen LogP contribution in [0.4, 0.5) is 11.6 Å². The topological polar surface area (TPSA) is 81.1 Å². The number of aromatic nitrogens is 3. The molecule has 182 valence electrons. The SMILES string of the molecule is COc1cccc(CSc2nc3n(n2)[C@H](c2ccccc2)C(C(=O)Nc2ccccc2C)=C(C)N3)c1. The smallest absolute Gasteiger partial charge is 0.255 e. The minimum atomic E-state index is -0.412. The van der Waals surface area contributed by atoms with E-state index in [-0.39, 0.29) is 5.91 Å². The van der Waals surface area contributed by atoms with E-state index in [1.165, 1.54) is 0 Å². The van der Waals surface area contributed by atoms with E-state index in [1.54, 1.807) is 18.9 Å². The molecule has 1 aliphatic rings. The number of fused-ring (bicyclic) bond motifs is 1. The van der Waals surface area contributed by atoms with E-state index >= 15 is 0 Å². The maximum absolute atomic E-state index is 13.6. The second-order valence-electron chi connectivity index (χ2n) is 8.55. The summed E-state index contributed by atoms with van der Waals surface area (Å²) in [6, 6.07) is 25.2. The number of rotatable bonds is 7. The van der Waals surface area contributed by atoms with E-state index in [9.17, 15) is 4.79 Å². The molecule has 1 atom stereocenters. The first-order valence-electron chi connectivity index (χ1n) is 11.7. The van der Waals surface area contributed by atoms with Crippen molar-refractivity contribution in [3.8, 4) is 5.75 Å². The van der Waals surface area contributed by atoms with Gasteiger partial charge in [0.2, 0.25) is 11.1 Å². The van der Waals surface area contributed by atoms with Crippen LogP contribution in [0.25, 0.3) is 0 Å². The number of carbonyl (C=O) groups excluding carboxylic acids is 1. The molecule has 1 aliphatic heterocycles. The summed E-state index contributed by atoms with van der Waals surface area (Å²) in [5, 5.41) is 11.8. The van der Waals surface area contributed by atoms with Gasteiger partial charge in [0.1, 0.15) is 11.8 Å². The molecule has 7 nitrogen and oxygen atoms in total. The van der Waals surface area contributed by atoms with Crippen LogP contribution >= 0.6 is 11.8 Å². The lowest BCUT2D eigenvalue weighted by molar-refractivity contribution is -0.113. The average Bonchev–Trinajstić information content (AvgIpc) is 3.31. The van der Waals surface area contributed by atoms with Crippen LogP contribution < -0.4 is 15.4 Å². The van der Waals surface area contributed by atoms with Crippen LogP contribution in [0.3, 0.4) is 0 Å². The van der Waals surface area contributed by atoms with E-state index in [1.807, 2.05) is 91.3 Å². The van der Waals surface area contributed by atoms with E-state index in [2.05, 4.69) is 16.7 Å². The Hall–Kier alpha value is -4.04. The van der Waals surface area contributed by atoms with Crippen LogP contribution in [0.5, 0.6) is 5.75 Å². The molecule has 0 bridgehead atoms. The van der Waals surface area contributed by atoms with Gasteiger partial charge in [-0.25, -0.2) is 4.68 Å². The number of aryl methyl sites for hydroxylation is 1. The van der Waals surface area contributed by atoms with Gasteiger partial charge in [0, 0.05) is 17.1 Å². The Morgan fingerprint density at radius 2 is 1.83 bits per heavy atom. The molecule has 5 rings (SSSR count). The van der Waals surface area contributed by atoms with Crippen molar-refractivity contribution in [2.24, 2.45) is 0 Å². The molecular formula is C28H27N5O2S. The summed E-state index contributed by atoms with van der Waals surface area (Å²) in [6.07, 6.45) is 0. The number of nitrogens with zero attached hydrogens (tertiary/aromatic N) is 3. The highest BCUT2D eigenvalue weighted by Gasteiger charge is 2.34. The van der Waals surface area contributed by atoms with Gasteiger partial charge >= 0.3 is 0 Å². The van der Waals surface area contributed by atoms with Gasteiger partial charge in [0.15, 0.2) is 0 Å². The number of carbonyl (C=O) groups is 1. The molecule has 36 heavy (non-hydrogen) atoms. The third kappa shape index (κ3) is 4.85. The molecule has 0 spiro atoms. The van der Waals surface area contributed by atoms with Crippen molar-refractivity contribution < 1.29 is 9.53 Å². The van der Waals surface area contributed by atoms with Gasteiger partial charge in [-0.15, -0.1) is 5.10 Å². The fraction of sp³-hybridized carbons (Fsp3) is 0.179. The van der Waals surface area contributed by atoms with Crippen LogP contribution in [-0.2, 0) is 10.5 Å². The number of ether oxygens (including phenoxy) is 1. The molecule has 0 saturated heterocycles. The fourth-order valence-electron chi connectivity index (χ4n) is 4.24. The van der Waals surface area contributed by atoms with Gasteiger partial charge in [-0.2, -0.15) is 4.98 Å². The quantitative estimate of drug-likeness (QED) is 0.314. The van der Waals surface area contributed by atoms with Crippen molar-refractivity contribution in [2.75, 3.05) is 17.7 Å². The molecule has 2 N–H and O–H groups in total. The second kappa shape index (κ2) is 10.3. The van der Waals surface area contributed by atoms with Crippen LogP contribution in [-0.4, -0.2) is 27.8 Å². The standard InChI is InChI=1S/C28H27N5O2S/c1-18-10-7-8-15-23(18)30-26(34)24-19(2)29-27-31-28(36-17-20-11-9-14-22(16-20)35-3)32-33(27)25(24)21-12-5-4-6-13-21/h4-16,25H,17H2,1-3H3,(H,30,34)(H,29,31,32)/t25-/m1/s1. The van der Waals surface area contributed by atoms with Crippen molar-refractivity contribution in [3.05, 3.63) is 107 Å². The third-order valence-electron chi connectivity index (χ3n) is 6.09. The normalized spacial score (nSPS) is 14.7. The molecule has 1 amide bonds. The van der Waals surface area contributed by atoms with Crippen molar-refractivity contribution in [3.63, 3.8) is 0 Å². The van der Waals surface area contributed by atoms with Gasteiger partial charge in [-0.1, -0.05) is 72.4 Å². The zero-order valence-electron chi connectivity index (χ0n) is 20.4. The minimum Gasteiger partial charge on any atom is -0.497 e. The Bertz CT molecular complexity index is 1430. The molecule has 0 fully saturated rings. The van der Waals surface area contributed by atoms with Crippen LogP contribution in [0.2, 0.25) is 0 Å². The van der Waals surface area contributed by atoms with E-state index in [0.717, 1.165) is 33.8 Å². The van der Waals surface area contributed by atoms with Crippen LogP contribution in [0.15, 0.2) is 95.3 Å². The highest BCUT2D eigenvalue weighted by molar-refractivity contribution is 7.98. The minimum absolute atomic E-state index is 0.171. The molecule has 3 aromatic carbocycles. The Balaban J connectivity index is 1.46. The van der Waals surface area contributed by atoms with Gasteiger partial charge < -0.3 is 15.4 Å². The first-order chi connectivity index (χ1) is 17.5. The lowest BCUT2D eigenvalue weighted by atomic mass is 9.95. The summed E-state index contributed by atoms with van der Waals surface area (Å²) in [4.78, 5) is 18.3. The molecule has 2 heterocycles. The van der Waals surface area contributed by atoms with Crippen LogP contribution in [0, 0.1) is 6.92 Å². The molecule has 0 unspecified atom stereocenters. The summed E-state index contributed by atoms with van der Waals surface area (Å²) in [7, 11) is 1.66. The summed E-state index contributed by atoms with van der Waals surface area (Å²) in [5.74, 6) is 1.96. The molecule has 4 aromatic rings. The third-order valence-corrected chi connectivity index (χ3v) is 7.00. The molecule has 0 aliphatic carbocycles. The Labute approximate surface area is 214 Å². The Morgan fingerprint density at radius 1 is 1.06 bits per heavy atom. The Morgan fingerprint density at radius 3 is 2.61 bits per heavy atom. The van der Waals surface area contributed by atoms with Crippen molar-refractivity contribution in [1.29, 1.82) is 0 Å². The van der Waals surface area contributed by atoms with Crippen LogP contribution in [0.1, 0.15) is 29.7 Å². The van der Waals surface area contributed by atoms with E-state index < -0.39 is 6.04 Å². The highest BCUT2D eigenvalue weighted by atomic mass is 32.2. The lowest BCUT2D eigenvalue weighted by Gasteiger charge is -2.28. The molecule has 0 saturated carbocycles. The number of hydrogen-bond donors (Lipinski definition) is 2. The fourth-order valence-corrected chi connectivity index (χ4v) is 5.02. The first-order valence-corrected chi connectivity index (χ1v) is 12.6. The number of methoxy groups -OCH3 is 1. The maximum Gasteiger partial charge on any atom is 0.255 e. The molecule has 1 aromatic heterocycles. The van der Waals surface area contributed by atoms with Gasteiger partial charge in [-0.05, 0) is 48.7 Å². The number of amides is 1. The zero-order valence-corrected chi connectivity index (χ0v) is 21.2. The predicted molar refractivity (Wildman–Crippen MR) is 143 cm³/mol.